The van der Waals surface area contributed by atoms with Crippen molar-refractivity contribution < 1.29 is 5.11 Å². The van der Waals surface area contributed by atoms with Gasteiger partial charge < -0.3 is 10.4 Å². The molecule has 1 aliphatic carbocycles. The van der Waals surface area contributed by atoms with Crippen molar-refractivity contribution in [1.29, 1.82) is 0 Å². The second-order valence-corrected chi connectivity index (χ2v) is 5.63. The number of aromatic nitrogens is 2. The third-order valence-electron chi connectivity index (χ3n) is 3.62. The topological polar surface area (TPSA) is 50.1 Å². The van der Waals surface area contributed by atoms with Gasteiger partial charge in [0, 0.05) is 11.7 Å². The fourth-order valence-electron chi connectivity index (χ4n) is 2.30. The van der Waals surface area contributed by atoms with Crippen LogP contribution in [-0.2, 0) is 19.4 Å². The summed E-state index contributed by atoms with van der Waals surface area (Å²) in [5.74, 6) is 0. The molecule has 2 N–H and O–H groups in total. The molecule has 0 radical (unpaired) electrons. The van der Waals surface area contributed by atoms with Crippen molar-refractivity contribution in [3.63, 3.8) is 0 Å². The van der Waals surface area contributed by atoms with Gasteiger partial charge in [0.1, 0.15) is 0 Å². The molecule has 1 heterocycles. The molecule has 0 spiro atoms. The van der Waals surface area contributed by atoms with E-state index in [0.717, 1.165) is 25.1 Å². The Labute approximate surface area is 109 Å². The van der Waals surface area contributed by atoms with Gasteiger partial charge in [-0.1, -0.05) is 13.8 Å². The molecule has 1 fully saturated rings. The fourth-order valence-corrected chi connectivity index (χ4v) is 2.30. The second-order valence-electron chi connectivity index (χ2n) is 5.63. The largest absolute Gasteiger partial charge is 0.394 e. The summed E-state index contributed by atoms with van der Waals surface area (Å²) in [5, 5.41) is 17.8. The van der Waals surface area contributed by atoms with Gasteiger partial charge in [-0.25, -0.2) is 0 Å². The Kier molecular flexibility index (Phi) is 4.07. The first-order valence-corrected chi connectivity index (χ1v) is 7.04. The Hall–Kier alpha value is -0.870. The van der Waals surface area contributed by atoms with Crippen LogP contribution in [-0.4, -0.2) is 33.1 Å². The van der Waals surface area contributed by atoms with Crippen LogP contribution < -0.4 is 5.32 Å². The highest BCUT2D eigenvalue weighted by Gasteiger charge is 2.33. The number of nitrogens with zero attached hydrogens (tertiary/aromatic N) is 2. The van der Waals surface area contributed by atoms with Gasteiger partial charge in [-0.05, 0) is 38.7 Å². The van der Waals surface area contributed by atoms with Crippen molar-refractivity contribution in [3.8, 4) is 0 Å². The zero-order valence-electron chi connectivity index (χ0n) is 11.7. The number of aliphatic hydroxyl groups excluding tert-OH is 1. The molecule has 0 amide bonds. The monoisotopic (exact) mass is 251 g/mol. The first-order chi connectivity index (χ1) is 8.60. The summed E-state index contributed by atoms with van der Waals surface area (Å²) >= 11 is 0. The van der Waals surface area contributed by atoms with E-state index in [2.05, 4.69) is 41.9 Å². The molecule has 2 rings (SSSR count). The van der Waals surface area contributed by atoms with Crippen LogP contribution in [0, 0.1) is 0 Å². The number of aliphatic hydroxyl groups is 1. The summed E-state index contributed by atoms with van der Waals surface area (Å²) in [6, 6.07) is 2.77. The Morgan fingerprint density at radius 2 is 2.17 bits per heavy atom. The molecule has 1 aromatic heterocycles. The van der Waals surface area contributed by atoms with Gasteiger partial charge in [-0.15, -0.1) is 0 Å². The minimum atomic E-state index is -0.262. The van der Waals surface area contributed by atoms with Crippen LogP contribution >= 0.6 is 0 Å². The summed E-state index contributed by atoms with van der Waals surface area (Å²) < 4.78 is 2.06. The molecular formula is C14H25N3O. The highest BCUT2D eigenvalue weighted by Crippen LogP contribution is 2.23. The van der Waals surface area contributed by atoms with Gasteiger partial charge in [-0.3, -0.25) is 4.68 Å². The van der Waals surface area contributed by atoms with E-state index in [4.69, 9.17) is 0 Å². The average molecular weight is 251 g/mol. The summed E-state index contributed by atoms with van der Waals surface area (Å²) in [6.07, 6.45) is 4.41. The van der Waals surface area contributed by atoms with E-state index in [1.165, 1.54) is 18.5 Å². The first kappa shape index (κ1) is 13.6. The highest BCUT2D eigenvalue weighted by atomic mass is 16.3. The Morgan fingerprint density at radius 1 is 1.44 bits per heavy atom. The van der Waals surface area contributed by atoms with Crippen molar-refractivity contribution in [2.45, 2.75) is 64.6 Å². The van der Waals surface area contributed by atoms with Crippen molar-refractivity contribution in [2.75, 3.05) is 6.61 Å². The summed E-state index contributed by atoms with van der Waals surface area (Å²) in [5.41, 5.74) is 2.13. The summed E-state index contributed by atoms with van der Waals surface area (Å²) in [7, 11) is 0. The molecule has 0 bridgehead atoms. The quantitative estimate of drug-likeness (QED) is 0.772. The molecule has 1 aromatic rings. The Bertz CT molecular complexity index is 398. The molecular weight excluding hydrogens is 226 g/mol. The predicted octanol–water partition coefficient (Wildman–Crippen LogP) is 1.51. The van der Waals surface area contributed by atoms with E-state index in [9.17, 15) is 5.11 Å². The molecule has 102 valence electrons. The van der Waals surface area contributed by atoms with Gasteiger partial charge in [0.2, 0.25) is 0 Å². The van der Waals surface area contributed by atoms with Crippen LogP contribution in [0.15, 0.2) is 6.07 Å². The number of rotatable bonds is 7. The third kappa shape index (κ3) is 3.12. The third-order valence-corrected chi connectivity index (χ3v) is 3.62. The van der Waals surface area contributed by atoms with Gasteiger partial charge in [-0.2, -0.15) is 5.10 Å². The molecule has 1 saturated carbocycles. The zero-order valence-corrected chi connectivity index (χ0v) is 11.7. The van der Waals surface area contributed by atoms with Crippen LogP contribution in [0.3, 0.4) is 0 Å². The lowest BCUT2D eigenvalue weighted by Gasteiger charge is -2.29. The minimum Gasteiger partial charge on any atom is -0.394 e. The van der Waals surface area contributed by atoms with Crippen molar-refractivity contribution in [2.24, 2.45) is 0 Å². The number of nitrogens with one attached hydrogen (secondary N) is 1. The van der Waals surface area contributed by atoms with Gasteiger partial charge >= 0.3 is 0 Å². The van der Waals surface area contributed by atoms with Gasteiger partial charge in [0.25, 0.3) is 0 Å². The van der Waals surface area contributed by atoms with E-state index in [1.54, 1.807) is 0 Å². The van der Waals surface area contributed by atoms with Crippen LogP contribution in [0.2, 0.25) is 0 Å². The summed E-state index contributed by atoms with van der Waals surface area (Å²) in [6.45, 7) is 7.24. The average Bonchev–Trinajstić information content (AvgIpc) is 3.08. The van der Waals surface area contributed by atoms with Crippen molar-refractivity contribution in [1.82, 2.24) is 15.1 Å². The van der Waals surface area contributed by atoms with E-state index in [1.807, 2.05) is 0 Å². The fraction of sp³-hybridized carbons (Fsp3) is 0.786. The van der Waals surface area contributed by atoms with Crippen LogP contribution in [0.5, 0.6) is 0 Å². The highest BCUT2D eigenvalue weighted by molar-refractivity contribution is 5.11. The van der Waals surface area contributed by atoms with Crippen LogP contribution in [0.1, 0.15) is 45.0 Å². The minimum absolute atomic E-state index is 0.147. The predicted molar refractivity (Wildman–Crippen MR) is 72.6 cm³/mol. The Morgan fingerprint density at radius 3 is 2.67 bits per heavy atom. The van der Waals surface area contributed by atoms with Crippen LogP contribution in [0.4, 0.5) is 0 Å². The SMILES string of the molecule is CCc1cc(CC)n(CC(C)(CO)NC2CC2)n1. The molecule has 4 heteroatoms. The number of hydrogen-bond acceptors (Lipinski definition) is 3. The zero-order chi connectivity index (χ0) is 13.2. The van der Waals surface area contributed by atoms with E-state index in [0.29, 0.717) is 6.04 Å². The Balaban J connectivity index is 2.11. The van der Waals surface area contributed by atoms with E-state index < -0.39 is 0 Å². The van der Waals surface area contributed by atoms with Gasteiger partial charge in [0.05, 0.1) is 24.4 Å². The lowest BCUT2D eigenvalue weighted by Crippen LogP contribution is -2.50. The molecule has 0 aromatic carbocycles. The summed E-state index contributed by atoms with van der Waals surface area (Å²) in [4.78, 5) is 0. The van der Waals surface area contributed by atoms with Crippen molar-refractivity contribution >= 4 is 0 Å². The molecule has 1 aliphatic rings. The molecule has 0 saturated heterocycles. The number of hydrogen-bond donors (Lipinski definition) is 2. The first-order valence-electron chi connectivity index (χ1n) is 7.04. The lowest BCUT2D eigenvalue weighted by molar-refractivity contribution is 0.150. The van der Waals surface area contributed by atoms with Crippen molar-refractivity contribution in [3.05, 3.63) is 17.5 Å². The smallest absolute Gasteiger partial charge is 0.0628 e. The maximum Gasteiger partial charge on any atom is 0.0628 e. The maximum absolute atomic E-state index is 9.65. The lowest BCUT2D eigenvalue weighted by atomic mass is 10.0. The second kappa shape index (κ2) is 5.41. The van der Waals surface area contributed by atoms with Gasteiger partial charge in [0.15, 0.2) is 0 Å². The standard InChI is InChI=1S/C14H25N3O/c1-4-11-8-13(5-2)17(16-11)9-14(3,10-18)15-12-6-7-12/h8,12,15,18H,4-7,9-10H2,1-3H3. The molecule has 18 heavy (non-hydrogen) atoms. The van der Waals surface area contributed by atoms with Crippen LogP contribution in [0.25, 0.3) is 0 Å². The number of aryl methyl sites for hydroxylation is 2. The molecule has 4 nitrogen and oxygen atoms in total. The molecule has 1 atom stereocenters. The van der Waals surface area contributed by atoms with E-state index >= 15 is 0 Å². The molecule has 1 unspecified atom stereocenters. The maximum atomic E-state index is 9.65. The van der Waals surface area contributed by atoms with E-state index in [-0.39, 0.29) is 12.1 Å². The normalized spacial score (nSPS) is 18.9. The molecule has 0 aliphatic heterocycles.